The molecule has 13 heavy (non-hydrogen) atoms. The van der Waals surface area contributed by atoms with Crippen LogP contribution in [-0.4, -0.2) is 23.3 Å². The van der Waals surface area contributed by atoms with E-state index in [9.17, 15) is 0 Å². The third-order valence-corrected chi connectivity index (χ3v) is 6.23. The van der Waals surface area contributed by atoms with Gasteiger partial charge in [-0.2, -0.15) is 0 Å². The van der Waals surface area contributed by atoms with Gasteiger partial charge in [-0.1, -0.05) is 18.7 Å². The van der Waals surface area contributed by atoms with E-state index in [0.717, 1.165) is 23.1 Å². The maximum atomic E-state index is 5.42. The van der Waals surface area contributed by atoms with Crippen molar-refractivity contribution in [3.63, 3.8) is 0 Å². The second-order valence-corrected chi connectivity index (χ2v) is 8.59. The monoisotopic (exact) mass is 265 g/mol. The van der Waals surface area contributed by atoms with Gasteiger partial charge in [-0.25, -0.2) is 0 Å². The van der Waals surface area contributed by atoms with Gasteiger partial charge >= 0.3 is 29.6 Å². The van der Waals surface area contributed by atoms with Gasteiger partial charge in [-0.05, 0) is 28.8 Å². The third kappa shape index (κ3) is 4.88. The van der Waals surface area contributed by atoms with Crippen molar-refractivity contribution in [3.8, 4) is 0 Å². The molecule has 2 nitrogen and oxygen atoms in total. The van der Waals surface area contributed by atoms with Crippen molar-refractivity contribution < 1.29 is 35.2 Å². The van der Waals surface area contributed by atoms with Crippen molar-refractivity contribution in [1.29, 1.82) is 0 Å². The van der Waals surface area contributed by atoms with Crippen molar-refractivity contribution in [3.05, 3.63) is 0 Å². The number of hydrogen-bond donors (Lipinski definition) is 0. The Labute approximate surface area is 117 Å². The van der Waals surface area contributed by atoms with E-state index in [1.54, 1.807) is 11.8 Å². The van der Waals surface area contributed by atoms with Crippen molar-refractivity contribution in [1.82, 2.24) is 0 Å². The maximum Gasteiger partial charge on any atom is 1.00 e. The molecule has 0 unspecified atom stereocenters. The first-order valence-corrected chi connectivity index (χ1v) is 8.13. The van der Waals surface area contributed by atoms with Crippen LogP contribution in [0.4, 0.5) is 0 Å². The van der Waals surface area contributed by atoms with Crippen LogP contribution >= 0.6 is 11.8 Å². The summed E-state index contributed by atoms with van der Waals surface area (Å²) in [5.74, 6) is 1.01. The first kappa shape index (κ1) is 14.8. The normalized spacial score (nSPS) is 16.5. The second-order valence-electron chi connectivity index (χ2n) is 2.27. The molecule has 72 valence electrons. The van der Waals surface area contributed by atoms with Crippen LogP contribution < -0.4 is 29.6 Å². The van der Waals surface area contributed by atoms with Gasteiger partial charge in [0.05, 0.1) is 20.6 Å². The Hall–Kier alpha value is 1.77. The Bertz CT molecular complexity index is 280. The number of rotatable bonds is 3. The summed E-state index contributed by atoms with van der Waals surface area (Å²) in [6.45, 7) is 3.54. The summed E-state index contributed by atoms with van der Waals surface area (Å²) in [7, 11) is -1.84. The number of thioether (sulfide) groups is 1. The third-order valence-electron chi connectivity index (χ3n) is 1.21. The molecule has 1 aliphatic rings. The fourth-order valence-electron chi connectivity index (χ4n) is 0.710. The van der Waals surface area contributed by atoms with E-state index < -0.39 is 7.43 Å². The summed E-state index contributed by atoms with van der Waals surface area (Å²) < 4.78 is 6.30. The van der Waals surface area contributed by atoms with Gasteiger partial charge in [0, 0.05) is 5.75 Å². The summed E-state index contributed by atoms with van der Waals surface area (Å²) >= 11 is 12.0. The van der Waals surface area contributed by atoms with Crippen LogP contribution in [0, 0.1) is 0 Å². The molecule has 7 heteroatoms. The molecule has 0 aromatic heterocycles. The largest absolute Gasteiger partial charge is 1.00 e. The van der Waals surface area contributed by atoms with Crippen molar-refractivity contribution in [2.45, 2.75) is 13.3 Å². The summed E-state index contributed by atoms with van der Waals surface area (Å²) in [5.41, 5.74) is 0. The van der Waals surface area contributed by atoms with Crippen LogP contribution in [0.15, 0.2) is 4.99 Å². The molecular formula is C6H12NNaOS4. The fraction of sp³-hybridized carbons (Fsp3) is 0.833. The van der Waals surface area contributed by atoms with Gasteiger partial charge in [-0.15, -0.1) is 0 Å². The molecule has 0 saturated heterocycles. The van der Waals surface area contributed by atoms with Gasteiger partial charge in [-0.3, -0.25) is 4.99 Å². The quantitative estimate of drug-likeness (QED) is 0.587. The molecule has 0 saturated carbocycles. The number of hydrogen-bond acceptors (Lipinski definition) is 5. The SMILES string of the molecule is CCCOS(=S)(=S)C1=NCCS1.[H-].[Na+]. The Kier molecular flexibility index (Phi) is 8.08. The van der Waals surface area contributed by atoms with Gasteiger partial charge < -0.3 is 5.61 Å². The zero-order valence-electron chi connectivity index (χ0n) is 8.82. The standard InChI is InChI=1S/C6H11NOS4.Na.H/c1-2-4-8-12(9,10)6-7-3-5-11-6;;/h2-5H2,1H3;;/q;+1;-1. The first-order valence-electron chi connectivity index (χ1n) is 3.73. The van der Waals surface area contributed by atoms with Gasteiger partial charge in [0.2, 0.25) is 0 Å². The van der Waals surface area contributed by atoms with Crippen LogP contribution in [-0.2, 0) is 34.0 Å². The minimum absolute atomic E-state index is 0. The minimum atomic E-state index is -1.84. The van der Waals surface area contributed by atoms with Crippen LogP contribution in [0.2, 0.25) is 0 Å². The van der Waals surface area contributed by atoms with E-state index >= 15 is 0 Å². The molecular weight excluding hydrogens is 253 g/mol. The molecule has 1 heterocycles. The first-order chi connectivity index (χ1) is 5.67. The summed E-state index contributed by atoms with van der Waals surface area (Å²) in [6.07, 6.45) is 0.958. The van der Waals surface area contributed by atoms with E-state index in [0.29, 0.717) is 6.61 Å². The molecule has 1 aliphatic heterocycles. The molecule has 0 aromatic carbocycles. The van der Waals surface area contributed by atoms with Crippen LogP contribution in [0.3, 0.4) is 0 Å². The molecule has 1 rings (SSSR count). The Morgan fingerprint density at radius 2 is 2.38 bits per heavy atom. The minimum Gasteiger partial charge on any atom is -1.00 e. The maximum absolute atomic E-state index is 5.42. The van der Waals surface area contributed by atoms with Crippen molar-refractivity contribution >= 4 is 45.9 Å². The van der Waals surface area contributed by atoms with Crippen LogP contribution in [0.1, 0.15) is 14.8 Å². The Morgan fingerprint density at radius 1 is 1.69 bits per heavy atom. The Morgan fingerprint density at radius 3 is 2.85 bits per heavy atom. The number of aliphatic imine (C=N–C) groups is 1. The van der Waals surface area contributed by atoms with Gasteiger partial charge in [0.25, 0.3) is 0 Å². The van der Waals surface area contributed by atoms with Gasteiger partial charge in [0.15, 0.2) is 4.38 Å². The molecule has 0 spiro atoms. The molecule has 0 amide bonds. The van der Waals surface area contributed by atoms with Crippen molar-refractivity contribution in [2.24, 2.45) is 4.99 Å². The summed E-state index contributed by atoms with van der Waals surface area (Å²) in [6, 6.07) is 0. The zero-order chi connectivity index (χ0) is 9.03. The predicted molar refractivity (Wildman–Crippen MR) is 64.2 cm³/mol. The summed E-state index contributed by atoms with van der Waals surface area (Å²) in [4.78, 5) is 4.24. The Balaban J connectivity index is 0. The molecule has 0 aromatic rings. The van der Waals surface area contributed by atoms with E-state index in [-0.39, 0.29) is 31.0 Å². The van der Waals surface area contributed by atoms with Crippen molar-refractivity contribution in [2.75, 3.05) is 18.9 Å². The molecule has 0 aliphatic carbocycles. The molecule has 0 bridgehead atoms. The second kappa shape index (κ2) is 7.11. The van der Waals surface area contributed by atoms with Gasteiger partial charge in [0.1, 0.15) is 0 Å². The van der Waals surface area contributed by atoms with E-state index in [1.807, 2.05) is 6.92 Å². The molecule has 0 radical (unpaired) electrons. The van der Waals surface area contributed by atoms with Crippen LogP contribution in [0.25, 0.3) is 0 Å². The van der Waals surface area contributed by atoms with E-state index in [2.05, 4.69) is 4.99 Å². The summed E-state index contributed by atoms with van der Waals surface area (Å²) in [5, 5.41) is 0. The predicted octanol–water partition coefficient (Wildman–Crippen LogP) is -1.37. The number of nitrogens with zero attached hydrogens (tertiary/aromatic N) is 1. The van der Waals surface area contributed by atoms with Crippen LogP contribution in [0.5, 0.6) is 0 Å². The smallest absolute Gasteiger partial charge is 1.00 e. The molecule has 0 atom stereocenters. The fourth-order valence-corrected chi connectivity index (χ4v) is 4.55. The average molecular weight is 265 g/mol. The molecule has 0 N–H and O–H groups in total. The van der Waals surface area contributed by atoms with E-state index in [4.69, 9.17) is 26.6 Å². The average Bonchev–Trinajstić information content (AvgIpc) is 2.53. The molecule has 0 fully saturated rings. The van der Waals surface area contributed by atoms with E-state index in [1.165, 1.54) is 0 Å². The zero-order valence-corrected chi connectivity index (χ0v) is 13.1. The topological polar surface area (TPSA) is 21.6 Å².